The number of rotatable bonds is 1. The molecule has 0 aromatic heterocycles. The summed E-state index contributed by atoms with van der Waals surface area (Å²) >= 11 is 6.03. The second-order valence-corrected chi connectivity index (χ2v) is 4.65. The molecule has 0 spiro atoms. The van der Waals surface area contributed by atoms with Crippen molar-refractivity contribution in [2.75, 3.05) is 6.61 Å². The summed E-state index contributed by atoms with van der Waals surface area (Å²) in [4.78, 5) is 11.0. The van der Waals surface area contributed by atoms with Gasteiger partial charge in [0.25, 0.3) is 0 Å². The first-order chi connectivity index (χ1) is 8.79. The van der Waals surface area contributed by atoms with Crippen molar-refractivity contribution >= 4 is 17.9 Å². The van der Waals surface area contributed by atoms with Gasteiger partial charge in [-0.1, -0.05) is 35.9 Å². The van der Waals surface area contributed by atoms with Crippen LogP contribution < -0.4 is 4.74 Å². The number of halogens is 1. The van der Waals surface area contributed by atoms with Crippen LogP contribution in [0.5, 0.6) is 5.75 Å². The number of carbonyl (C=O) groups excluding carboxylic acids is 1. The number of ether oxygens (including phenoxy) is 1. The topological polar surface area (TPSA) is 26.3 Å². The summed E-state index contributed by atoms with van der Waals surface area (Å²) in [6, 6.07) is 11.7. The van der Waals surface area contributed by atoms with Crippen molar-refractivity contribution < 1.29 is 9.53 Å². The Morgan fingerprint density at radius 2 is 2.00 bits per heavy atom. The van der Waals surface area contributed by atoms with Crippen LogP contribution in [-0.2, 0) is 6.42 Å². The lowest BCUT2D eigenvalue weighted by molar-refractivity contribution is 0.112. The lowest BCUT2D eigenvalue weighted by atomic mass is 9.97. The van der Waals surface area contributed by atoms with Crippen molar-refractivity contribution in [3.63, 3.8) is 0 Å². The van der Waals surface area contributed by atoms with Gasteiger partial charge in [0.15, 0.2) is 6.29 Å². The fourth-order valence-electron chi connectivity index (χ4n) is 2.26. The molecule has 1 heterocycles. The van der Waals surface area contributed by atoms with Crippen molar-refractivity contribution in [1.29, 1.82) is 0 Å². The maximum Gasteiger partial charge on any atom is 0.151 e. The summed E-state index contributed by atoms with van der Waals surface area (Å²) in [5.41, 5.74) is 3.78. The van der Waals surface area contributed by atoms with Gasteiger partial charge in [0.1, 0.15) is 5.75 Å². The minimum atomic E-state index is 0.433. The van der Waals surface area contributed by atoms with Gasteiger partial charge in [0.2, 0.25) is 0 Å². The van der Waals surface area contributed by atoms with Gasteiger partial charge in [-0.25, -0.2) is 0 Å². The first-order valence-electron chi connectivity index (χ1n) is 5.79. The fraction of sp³-hybridized carbons (Fsp3) is 0.133. The lowest BCUT2D eigenvalue weighted by Gasteiger charge is -2.10. The Morgan fingerprint density at radius 3 is 2.83 bits per heavy atom. The zero-order valence-corrected chi connectivity index (χ0v) is 10.4. The van der Waals surface area contributed by atoms with E-state index in [2.05, 4.69) is 6.07 Å². The Morgan fingerprint density at radius 1 is 1.17 bits per heavy atom. The predicted molar refractivity (Wildman–Crippen MR) is 71.5 cm³/mol. The first kappa shape index (κ1) is 11.3. The normalized spacial score (nSPS) is 12.9. The number of benzene rings is 2. The van der Waals surface area contributed by atoms with Gasteiger partial charge in [-0.05, 0) is 17.2 Å². The van der Waals surface area contributed by atoms with Crippen molar-refractivity contribution in [2.24, 2.45) is 0 Å². The molecule has 0 fully saturated rings. The highest BCUT2D eigenvalue weighted by Crippen LogP contribution is 2.38. The van der Waals surface area contributed by atoms with E-state index >= 15 is 0 Å². The Hall–Kier alpha value is -1.80. The third-order valence-corrected chi connectivity index (χ3v) is 3.49. The van der Waals surface area contributed by atoms with Gasteiger partial charge in [-0.3, -0.25) is 4.79 Å². The second kappa shape index (κ2) is 4.46. The van der Waals surface area contributed by atoms with Crippen molar-refractivity contribution in [3.8, 4) is 16.9 Å². The van der Waals surface area contributed by atoms with Gasteiger partial charge in [-0.15, -0.1) is 0 Å². The maximum atomic E-state index is 11.0. The van der Waals surface area contributed by atoms with Crippen LogP contribution in [0.4, 0.5) is 0 Å². The minimum absolute atomic E-state index is 0.433. The van der Waals surface area contributed by atoms with E-state index in [9.17, 15) is 4.79 Å². The molecule has 0 saturated carbocycles. The molecule has 18 heavy (non-hydrogen) atoms. The summed E-state index contributed by atoms with van der Waals surface area (Å²) in [6.07, 6.45) is 1.63. The summed E-state index contributed by atoms with van der Waals surface area (Å²) in [5.74, 6) is 0.746. The minimum Gasteiger partial charge on any atom is -0.493 e. The van der Waals surface area contributed by atoms with Crippen LogP contribution in [-0.4, -0.2) is 12.9 Å². The molecule has 1 aliphatic heterocycles. The monoisotopic (exact) mass is 258 g/mol. The zero-order chi connectivity index (χ0) is 12.5. The van der Waals surface area contributed by atoms with E-state index < -0.39 is 0 Å². The van der Waals surface area contributed by atoms with Crippen molar-refractivity contribution in [2.45, 2.75) is 6.42 Å². The molecule has 90 valence electrons. The first-order valence-corrected chi connectivity index (χ1v) is 6.17. The Balaban J connectivity index is 2.28. The molecule has 0 radical (unpaired) electrons. The molecule has 0 N–H and O–H groups in total. The third kappa shape index (κ3) is 1.79. The van der Waals surface area contributed by atoms with Gasteiger partial charge < -0.3 is 4.74 Å². The largest absolute Gasteiger partial charge is 0.493 e. The standard InChI is InChI=1S/C15H11ClO2/c16-14-8-15-13(7-11(14)9-17)12-4-2-1-3-10(12)5-6-18-15/h1-4,7-9H,5-6H2. The summed E-state index contributed by atoms with van der Waals surface area (Å²) < 4.78 is 5.71. The number of fused-ring (bicyclic) bond motifs is 3. The highest BCUT2D eigenvalue weighted by Gasteiger charge is 2.17. The van der Waals surface area contributed by atoms with Crippen LogP contribution in [0.1, 0.15) is 15.9 Å². The number of aldehydes is 1. The van der Waals surface area contributed by atoms with Crippen LogP contribution in [0, 0.1) is 0 Å². The summed E-state index contributed by atoms with van der Waals surface area (Å²) in [6.45, 7) is 0.626. The van der Waals surface area contributed by atoms with Gasteiger partial charge in [0, 0.05) is 23.6 Å². The van der Waals surface area contributed by atoms with E-state index in [4.69, 9.17) is 16.3 Å². The summed E-state index contributed by atoms with van der Waals surface area (Å²) in [7, 11) is 0. The maximum absolute atomic E-state index is 11.0. The van der Waals surface area contributed by atoms with Crippen LogP contribution in [0.15, 0.2) is 36.4 Å². The summed E-state index contributed by atoms with van der Waals surface area (Å²) in [5, 5.41) is 0.433. The van der Waals surface area contributed by atoms with Gasteiger partial charge in [0.05, 0.1) is 11.6 Å². The van der Waals surface area contributed by atoms with Crippen LogP contribution in [0.25, 0.3) is 11.1 Å². The molecule has 1 aliphatic rings. The molecule has 0 aliphatic carbocycles. The highest BCUT2D eigenvalue weighted by molar-refractivity contribution is 6.33. The predicted octanol–water partition coefficient (Wildman–Crippen LogP) is 3.75. The Bertz CT molecular complexity index is 620. The molecule has 2 aromatic carbocycles. The molecule has 0 amide bonds. The average molecular weight is 259 g/mol. The van der Waals surface area contributed by atoms with E-state index in [1.165, 1.54) is 5.56 Å². The van der Waals surface area contributed by atoms with Gasteiger partial charge in [-0.2, -0.15) is 0 Å². The molecular formula is C15H11ClO2. The quantitative estimate of drug-likeness (QED) is 0.728. The van der Waals surface area contributed by atoms with E-state index in [1.54, 1.807) is 12.1 Å². The molecule has 3 heteroatoms. The average Bonchev–Trinajstić information content (AvgIpc) is 2.56. The molecule has 0 bridgehead atoms. The number of hydrogen-bond acceptors (Lipinski definition) is 2. The molecule has 3 rings (SSSR count). The molecular weight excluding hydrogens is 248 g/mol. The van der Waals surface area contributed by atoms with Crippen molar-refractivity contribution in [3.05, 3.63) is 52.5 Å². The molecule has 2 nitrogen and oxygen atoms in total. The fourth-order valence-corrected chi connectivity index (χ4v) is 2.46. The number of hydrogen-bond donors (Lipinski definition) is 0. The Kier molecular flexibility index (Phi) is 2.80. The van der Waals surface area contributed by atoms with Gasteiger partial charge >= 0.3 is 0 Å². The Labute approximate surface area is 110 Å². The van der Waals surface area contributed by atoms with E-state index in [0.29, 0.717) is 17.2 Å². The van der Waals surface area contributed by atoms with Crippen LogP contribution >= 0.6 is 11.6 Å². The molecule has 0 unspecified atom stereocenters. The highest BCUT2D eigenvalue weighted by atomic mass is 35.5. The zero-order valence-electron chi connectivity index (χ0n) is 9.65. The second-order valence-electron chi connectivity index (χ2n) is 4.24. The smallest absolute Gasteiger partial charge is 0.151 e. The van der Waals surface area contributed by atoms with E-state index in [0.717, 1.165) is 29.6 Å². The van der Waals surface area contributed by atoms with E-state index in [1.807, 2.05) is 18.2 Å². The third-order valence-electron chi connectivity index (χ3n) is 3.16. The van der Waals surface area contributed by atoms with Crippen LogP contribution in [0.3, 0.4) is 0 Å². The SMILES string of the molecule is O=Cc1cc2c(cc1Cl)OCCc1ccccc1-2. The molecule has 2 aromatic rings. The van der Waals surface area contributed by atoms with Crippen molar-refractivity contribution in [1.82, 2.24) is 0 Å². The number of carbonyl (C=O) groups is 1. The van der Waals surface area contributed by atoms with E-state index in [-0.39, 0.29) is 0 Å². The lowest BCUT2D eigenvalue weighted by Crippen LogP contribution is -1.98. The molecule has 0 saturated heterocycles. The van der Waals surface area contributed by atoms with Crippen LogP contribution in [0.2, 0.25) is 5.02 Å². The molecule has 0 atom stereocenters.